The molecule has 1 fully saturated rings. The summed E-state index contributed by atoms with van der Waals surface area (Å²) in [5.74, 6) is -6.22. The maximum atomic E-state index is 14.9. The first-order chi connectivity index (χ1) is 15.1. The predicted molar refractivity (Wildman–Crippen MR) is 113 cm³/mol. The SMILES string of the molecule is CNC(=O)C1(C)C(c2ccc(Nc3cnc4cc(Cl)nn4c3[C@H](C)OC)c(F)c2)C1(F)F. The summed E-state index contributed by atoms with van der Waals surface area (Å²) in [6.45, 7) is 2.96. The fraction of sp³-hybridized carbons (Fsp3) is 0.381. The number of nitrogens with zero attached hydrogens (tertiary/aromatic N) is 3. The largest absolute Gasteiger partial charge is 0.375 e. The molecule has 0 aliphatic heterocycles. The van der Waals surface area contributed by atoms with Crippen LogP contribution in [0, 0.1) is 11.2 Å². The van der Waals surface area contributed by atoms with Crippen LogP contribution in [0.25, 0.3) is 5.65 Å². The Balaban J connectivity index is 1.69. The number of fused-ring (bicyclic) bond motifs is 1. The van der Waals surface area contributed by atoms with Crippen molar-refractivity contribution in [3.63, 3.8) is 0 Å². The lowest BCUT2D eigenvalue weighted by atomic mass is 10.00. The Morgan fingerprint density at radius 2 is 2.03 bits per heavy atom. The van der Waals surface area contributed by atoms with Gasteiger partial charge in [-0.2, -0.15) is 5.10 Å². The highest BCUT2D eigenvalue weighted by atomic mass is 35.5. The van der Waals surface area contributed by atoms with Crippen molar-refractivity contribution in [2.45, 2.75) is 31.8 Å². The highest BCUT2D eigenvalue weighted by Gasteiger charge is 2.82. The minimum Gasteiger partial charge on any atom is -0.375 e. The third kappa shape index (κ3) is 3.20. The standard InChI is InChI=1S/C21H21ClF3N5O2/c1-10(32-4)17-14(9-27-16-8-15(22)29-30(16)17)28-13-6-5-11(7-12(13)23)18-20(2,19(31)26-3)21(18,24)25/h5-10,18,28H,1-4H3,(H,26,31)/t10-,18?,20?/m0/s1. The number of anilines is 2. The molecule has 32 heavy (non-hydrogen) atoms. The second-order valence-electron chi connectivity index (χ2n) is 7.87. The third-order valence-electron chi connectivity index (χ3n) is 6.07. The van der Waals surface area contributed by atoms with Gasteiger partial charge in [-0.05, 0) is 31.5 Å². The molecule has 1 saturated carbocycles. The van der Waals surface area contributed by atoms with Crippen LogP contribution in [-0.4, -0.2) is 40.6 Å². The number of ether oxygens (including phenoxy) is 1. The smallest absolute Gasteiger partial charge is 0.270 e. The van der Waals surface area contributed by atoms with E-state index in [1.165, 1.54) is 43.9 Å². The van der Waals surface area contributed by atoms with Gasteiger partial charge < -0.3 is 15.4 Å². The van der Waals surface area contributed by atoms with Crippen LogP contribution >= 0.6 is 11.6 Å². The Hall–Kier alpha value is -2.85. The number of halogens is 4. The number of rotatable bonds is 6. The minimum atomic E-state index is -3.27. The van der Waals surface area contributed by atoms with Crippen molar-refractivity contribution >= 4 is 34.5 Å². The monoisotopic (exact) mass is 467 g/mol. The number of aromatic nitrogens is 3. The van der Waals surface area contributed by atoms with Crippen LogP contribution in [-0.2, 0) is 9.53 Å². The van der Waals surface area contributed by atoms with E-state index in [0.717, 1.165) is 6.07 Å². The summed E-state index contributed by atoms with van der Waals surface area (Å²) in [5, 5.41) is 9.62. The van der Waals surface area contributed by atoms with Gasteiger partial charge in [-0.1, -0.05) is 17.7 Å². The molecule has 3 atom stereocenters. The van der Waals surface area contributed by atoms with Crippen LogP contribution in [0.4, 0.5) is 24.5 Å². The average Bonchev–Trinajstić information content (AvgIpc) is 3.01. The van der Waals surface area contributed by atoms with Crippen LogP contribution in [0.1, 0.15) is 37.1 Å². The molecular weight excluding hydrogens is 447 g/mol. The van der Waals surface area contributed by atoms with Crippen molar-refractivity contribution in [2.24, 2.45) is 5.41 Å². The Morgan fingerprint density at radius 3 is 2.66 bits per heavy atom. The molecule has 2 unspecified atom stereocenters. The van der Waals surface area contributed by atoms with E-state index in [-0.39, 0.29) is 16.4 Å². The summed E-state index contributed by atoms with van der Waals surface area (Å²) in [7, 11) is 2.81. The van der Waals surface area contributed by atoms with E-state index in [4.69, 9.17) is 16.3 Å². The van der Waals surface area contributed by atoms with Crippen molar-refractivity contribution in [3.8, 4) is 0 Å². The van der Waals surface area contributed by atoms with Gasteiger partial charge in [0.15, 0.2) is 10.8 Å². The molecule has 7 nitrogen and oxygen atoms in total. The Kier molecular flexibility index (Phi) is 5.33. The summed E-state index contributed by atoms with van der Waals surface area (Å²) < 4.78 is 50.7. The number of methoxy groups -OCH3 is 1. The molecule has 0 radical (unpaired) electrons. The number of hydrogen-bond donors (Lipinski definition) is 2. The molecule has 1 aliphatic carbocycles. The Bertz CT molecular complexity index is 1220. The van der Waals surface area contributed by atoms with Gasteiger partial charge in [0.25, 0.3) is 5.92 Å². The molecule has 1 aromatic carbocycles. The Labute approximate surface area is 186 Å². The van der Waals surface area contributed by atoms with Crippen molar-refractivity contribution < 1.29 is 22.7 Å². The molecule has 2 N–H and O–H groups in total. The number of hydrogen-bond acceptors (Lipinski definition) is 5. The van der Waals surface area contributed by atoms with Gasteiger partial charge in [-0.15, -0.1) is 0 Å². The summed E-state index contributed by atoms with van der Waals surface area (Å²) in [6.07, 6.45) is 1.04. The molecule has 170 valence electrons. The molecule has 0 saturated heterocycles. The van der Waals surface area contributed by atoms with E-state index in [1.807, 2.05) is 0 Å². The van der Waals surface area contributed by atoms with Gasteiger partial charge in [0.1, 0.15) is 11.2 Å². The quantitative estimate of drug-likeness (QED) is 0.559. The average molecular weight is 468 g/mol. The maximum absolute atomic E-state index is 14.9. The lowest BCUT2D eigenvalue weighted by Crippen LogP contribution is -2.31. The van der Waals surface area contributed by atoms with Crippen LogP contribution in [0.2, 0.25) is 5.15 Å². The summed E-state index contributed by atoms with van der Waals surface area (Å²) in [5.41, 5.74) is -0.387. The van der Waals surface area contributed by atoms with E-state index in [0.29, 0.717) is 17.0 Å². The molecule has 4 rings (SSSR count). The van der Waals surface area contributed by atoms with Gasteiger partial charge >= 0.3 is 0 Å². The van der Waals surface area contributed by atoms with Gasteiger partial charge in [-0.25, -0.2) is 22.7 Å². The molecule has 11 heteroatoms. The zero-order valence-electron chi connectivity index (χ0n) is 17.7. The molecule has 3 aromatic rings. The van der Waals surface area contributed by atoms with E-state index < -0.39 is 35.1 Å². The van der Waals surface area contributed by atoms with E-state index in [2.05, 4.69) is 20.7 Å². The van der Waals surface area contributed by atoms with Gasteiger partial charge in [-0.3, -0.25) is 4.79 Å². The highest BCUT2D eigenvalue weighted by molar-refractivity contribution is 6.29. The van der Waals surface area contributed by atoms with E-state index in [9.17, 15) is 18.0 Å². The molecule has 0 bridgehead atoms. The van der Waals surface area contributed by atoms with Crippen LogP contribution in [0.5, 0.6) is 0 Å². The minimum absolute atomic E-state index is 0.0436. The van der Waals surface area contributed by atoms with Crippen LogP contribution in [0.3, 0.4) is 0 Å². The van der Waals surface area contributed by atoms with Crippen LogP contribution < -0.4 is 10.6 Å². The normalized spacial score (nSPS) is 22.6. The second-order valence-corrected chi connectivity index (χ2v) is 8.26. The Morgan fingerprint density at radius 1 is 1.31 bits per heavy atom. The predicted octanol–water partition coefficient (Wildman–Crippen LogP) is 4.46. The summed E-state index contributed by atoms with van der Waals surface area (Å²) in [6, 6.07) is 5.33. The van der Waals surface area contributed by atoms with Gasteiger partial charge in [0, 0.05) is 20.2 Å². The van der Waals surface area contributed by atoms with Crippen molar-refractivity contribution in [2.75, 3.05) is 19.5 Å². The van der Waals surface area contributed by atoms with Crippen LogP contribution in [0.15, 0.2) is 30.5 Å². The van der Waals surface area contributed by atoms with Crippen molar-refractivity contribution in [1.29, 1.82) is 0 Å². The lowest BCUT2D eigenvalue weighted by molar-refractivity contribution is -0.128. The number of amides is 1. The number of carbonyl (C=O) groups is 1. The van der Waals surface area contributed by atoms with Gasteiger partial charge in [0.2, 0.25) is 5.91 Å². The molecule has 1 amide bonds. The number of carbonyl (C=O) groups excluding carboxylic acids is 1. The summed E-state index contributed by atoms with van der Waals surface area (Å²) in [4.78, 5) is 16.3. The number of alkyl halides is 2. The molecular formula is C21H21ClF3N5O2. The fourth-order valence-corrected chi connectivity index (χ4v) is 4.27. The van der Waals surface area contributed by atoms with Crippen molar-refractivity contribution in [1.82, 2.24) is 19.9 Å². The fourth-order valence-electron chi connectivity index (χ4n) is 4.10. The molecule has 2 aromatic heterocycles. The summed E-state index contributed by atoms with van der Waals surface area (Å²) >= 11 is 5.99. The topological polar surface area (TPSA) is 80.5 Å². The van der Waals surface area contributed by atoms with E-state index in [1.54, 1.807) is 13.0 Å². The zero-order chi connectivity index (χ0) is 23.4. The first kappa shape index (κ1) is 22.3. The number of benzene rings is 1. The maximum Gasteiger partial charge on any atom is 0.270 e. The van der Waals surface area contributed by atoms with Gasteiger partial charge in [0.05, 0.1) is 35.3 Å². The highest BCUT2D eigenvalue weighted by Crippen LogP contribution is 2.71. The molecule has 2 heterocycles. The zero-order valence-corrected chi connectivity index (χ0v) is 18.5. The third-order valence-corrected chi connectivity index (χ3v) is 6.26. The number of nitrogens with one attached hydrogen (secondary N) is 2. The molecule has 0 spiro atoms. The first-order valence-electron chi connectivity index (χ1n) is 9.79. The second kappa shape index (κ2) is 7.63. The van der Waals surface area contributed by atoms with E-state index >= 15 is 0 Å². The molecule has 1 aliphatic rings. The first-order valence-corrected chi connectivity index (χ1v) is 10.2. The van der Waals surface area contributed by atoms with Crippen molar-refractivity contribution in [3.05, 3.63) is 52.7 Å². The lowest BCUT2D eigenvalue weighted by Gasteiger charge is -2.18.